The van der Waals surface area contributed by atoms with E-state index in [9.17, 15) is 18.0 Å². The van der Waals surface area contributed by atoms with Crippen LogP contribution >= 0.6 is 0 Å². The predicted molar refractivity (Wildman–Crippen MR) is 161 cm³/mol. The van der Waals surface area contributed by atoms with E-state index < -0.39 is 18.8 Å². The molecule has 0 spiro atoms. The number of carbonyl (C=O) groups excluding carboxylic acids is 1. The molecule has 1 amide bonds. The number of piperidine rings is 1. The number of amides is 1. The maximum Gasteiger partial charge on any atom is 0.414 e. The Kier molecular flexibility index (Phi) is 10.5. The summed E-state index contributed by atoms with van der Waals surface area (Å²) in [5, 5.41) is 7.72. The second-order valence-electron chi connectivity index (χ2n) is 10.7. The number of hydrogen-bond acceptors (Lipinski definition) is 7. The molecular formula is C32H37F3N4O5. The zero-order chi connectivity index (χ0) is 30.9. The Morgan fingerprint density at radius 2 is 1.84 bits per heavy atom. The van der Waals surface area contributed by atoms with E-state index in [0.717, 1.165) is 31.6 Å². The van der Waals surface area contributed by atoms with Crippen LogP contribution in [0.3, 0.4) is 0 Å². The van der Waals surface area contributed by atoms with Gasteiger partial charge < -0.3 is 34.1 Å². The minimum absolute atomic E-state index is 0.117. The van der Waals surface area contributed by atoms with Gasteiger partial charge in [-0.2, -0.15) is 13.2 Å². The molecule has 2 bridgehead atoms. The molecule has 3 heterocycles. The second kappa shape index (κ2) is 14.7. The quantitative estimate of drug-likeness (QED) is 0.372. The van der Waals surface area contributed by atoms with E-state index in [1.807, 2.05) is 6.07 Å². The fourth-order valence-corrected chi connectivity index (χ4v) is 5.62. The average molecular weight is 615 g/mol. The Morgan fingerprint density at radius 3 is 2.66 bits per heavy atom. The number of hydrogen-bond donors (Lipinski definition) is 2. The van der Waals surface area contributed by atoms with Crippen molar-refractivity contribution in [3.05, 3.63) is 54.2 Å². The van der Waals surface area contributed by atoms with Crippen molar-refractivity contribution in [1.29, 1.82) is 0 Å². The number of nitrogens with zero attached hydrogens (tertiary/aromatic N) is 2. The zero-order valence-electron chi connectivity index (χ0n) is 24.6. The number of rotatable bonds is 1. The van der Waals surface area contributed by atoms with E-state index in [2.05, 4.69) is 22.5 Å². The average Bonchev–Trinajstić information content (AvgIpc) is 3.35. The summed E-state index contributed by atoms with van der Waals surface area (Å²) >= 11 is 0. The van der Waals surface area contributed by atoms with Gasteiger partial charge in [-0.3, -0.25) is 4.90 Å². The van der Waals surface area contributed by atoms with Crippen LogP contribution in [-0.2, 0) is 20.8 Å². The van der Waals surface area contributed by atoms with Gasteiger partial charge in [0.1, 0.15) is 18.9 Å². The fraction of sp³-hybridized carbons (Fsp3) is 0.469. The molecule has 236 valence electrons. The molecule has 3 aromatic rings. The van der Waals surface area contributed by atoms with Crippen molar-refractivity contribution in [2.75, 3.05) is 70.0 Å². The molecule has 2 aliphatic rings. The molecule has 5 rings (SSSR count). The molecule has 0 radical (unpaired) electrons. The molecule has 12 heteroatoms. The van der Waals surface area contributed by atoms with E-state index in [1.165, 1.54) is 16.6 Å². The van der Waals surface area contributed by atoms with Gasteiger partial charge in [-0.25, -0.2) is 4.79 Å². The van der Waals surface area contributed by atoms with Gasteiger partial charge in [-0.05, 0) is 68.1 Å². The summed E-state index contributed by atoms with van der Waals surface area (Å²) in [5.74, 6) is 6.49. The van der Waals surface area contributed by atoms with Crippen molar-refractivity contribution < 1.29 is 36.9 Å². The van der Waals surface area contributed by atoms with Crippen LogP contribution in [0.25, 0.3) is 10.9 Å². The lowest BCUT2D eigenvalue weighted by Gasteiger charge is -2.33. The number of fused-ring (bicyclic) bond motifs is 3. The summed E-state index contributed by atoms with van der Waals surface area (Å²) in [6.45, 7) is 2.29. The largest absolute Gasteiger partial charge is 0.489 e. The van der Waals surface area contributed by atoms with Gasteiger partial charge in [-0.15, -0.1) is 0 Å². The van der Waals surface area contributed by atoms with E-state index in [-0.39, 0.29) is 30.8 Å². The molecule has 2 aromatic carbocycles. The summed E-state index contributed by atoms with van der Waals surface area (Å²) < 4.78 is 64.9. The third-order valence-corrected chi connectivity index (χ3v) is 7.73. The van der Waals surface area contributed by atoms with Gasteiger partial charge in [0.25, 0.3) is 0 Å². The third kappa shape index (κ3) is 7.96. The number of benzene rings is 2. The predicted octanol–water partition coefficient (Wildman–Crippen LogP) is 5.03. The molecule has 1 fully saturated rings. The lowest BCUT2D eigenvalue weighted by atomic mass is 9.90. The number of nitrogens with one attached hydrogen (secondary N) is 2. The SMILES string of the molecule is COC(=O)N1CC#Cc2cc3c(cccc3n2CC(F)(F)F)NC2CCNCC2CCOCCOCCOc2ccccc21. The van der Waals surface area contributed by atoms with Crippen LogP contribution in [-0.4, -0.2) is 82.7 Å². The number of anilines is 2. The van der Waals surface area contributed by atoms with Crippen molar-refractivity contribution in [2.24, 2.45) is 5.92 Å². The molecule has 2 aliphatic heterocycles. The molecule has 2 N–H and O–H groups in total. The fourth-order valence-electron chi connectivity index (χ4n) is 5.62. The summed E-state index contributed by atoms with van der Waals surface area (Å²) in [4.78, 5) is 14.1. The highest BCUT2D eigenvalue weighted by atomic mass is 19.4. The number of aromatic nitrogens is 1. The van der Waals surface area contributed by atoms with E-state index >= 15 is 0 Å². The first kappa shape index (κ1) is 31.5. The van der Waals surface area contributed by atoms with Crippen LogP contribution in [0, 0.1) is 17.8 Å². The van der Waals surface area contributed by atoms with Crippen LogP contribution in [0.4, 0.5) is 29.3 Å². The summed E-state index contributed by atoms with van der Waals surface area (Å²) in [5.41, 5.74) is 1.78. The molecule has 1 aromatic heterocycles. The maximum atomic E-state index is 13.8. The first-order valence-electron chi connectivity index (χ1n) is 14.7. The second-order valence-corrected chi connectivity index (χ2v) is 10.7. The van der Waals surface area contributed by atoms with Crippen LogP contribution in [0.5, 0.6) is 5.75 Å². The monoisotopic (exact) mass is 614 g/mol. The van der Waals surface area contributed by atoms with Crippen LogP contribution in [0.1, 0.15) is 18.5 Å². The molecule has 2 atom stereocenters. The zero-order valence-corrected chi connectivity index (χ0v) is 24.6. The van der Waals surface area contributed by atoms with E-state index in [0.29, 0.717) is 48.8 Å². The normalized spacial score (nSPS) is 20.5. The van der Waals surface area contributed by atoms with E-state index in [4.69, 9.17) is 18.9 Å². The molecule has 44 heavy (non-hydrogen) atoms. The Balaban J connectivity index is 1.53. The highest BCUT2D eigenvalue weighted by Gasteiger charge is 2.31. The number of para-hydroxylation sites is 2. The van der Waals surface area contributed by atoms with Gasteiger partial charge in [0.15, 0.2) is 0 Å². The lowest BCUT2D eigenvalue weighted by Crippen LogP contribution is -2.44. The van der Waals surface area contributed by atoms with Crippen molar-refractivity contribution >= 4 is 28.4 Å². The minimum atomic E-state index is -4.46. The summed E-state index contributed by atoms with van der Waals surface area (Å²) in [6.07, 6.45) is -3.46. The van der Waals surface area contributed by atoms with Gasteiger partial charge in [0.2, 0.25) is 0 Å². The van der Waals surface area contributed by atoms with Crippen molar-refractivity contribution in [3.63, 3.8) is 0 Å². The number of methoxy groups -OCH3 is 1. The van der Waals surface area contributed by atoms with Gasteiger partial charge in [0, 0.05) is 23.7 Å². The molecule has 0 saturated carbocycles. The number of carbonyl (C=O) groups is 1. The Labute approximate surface area is 254 Å². The first-order chi connectivity index (χ1) is 21.3. The van der Waals surface area contributed by atoms with Crippen LogP contribution in [0.2, 0.25) is 0 Å². The minimum Gasteiger partial charge on any atom is -0.489 e. The molecule has 9 nitrogen and oxygen atoms in total. The Hall–Kier alpha value is -3.92. The first-order valence-corrected chi connectivity index (χ1v) is 14.7. The highest BCUT2D eigenvalue weighted by Crippen LogP contribution is 2.32. The molecule has 0 aliphatic carbocycles. The summed E-state index contributed by atoms with van der Waals surface area (Å²) in [7, 11) is 1.25. The van der Waals surface area contributed by atoms with Crippen molar-refractivity contribution in [3.8, 4) is 17.6 Å². The lowest BCUT2D eigenvalue weighted by molar-refractivity contribution is -0.140. The third-order valence-electron chi connectivity index (χ3n) is 7.73. The van der Waals surface area contributed by atoms with Crippen molar-refractivity contribution in [1.82, 2.24) is 9.88 Å². The van der Waals surface area contributed by atoms with E-state index in [1.54, 1.807) is 42.5 Å². The highest BCUT2D eigenvalue weighted by molar-refractivity contribution is 5.94. The number of halogens is 3. The maximum absolute atomic E-state index is 13.8. The molecule has 2 unspecified atom stereocenters. The van der Waals surface area contributed by atoms with Crippen LogP contribution < -0.4 is 20.3 Å². The number of alkyl halides is 3. The number of ether oxygens (including phenoxy) is 4. The van der Waals surface area contributed by atoms with Crippen molar-refractivity contribution in [2.45, 2.75) is 31.6 Å². The van der Waals surface area contributed by atoms with Crippen LogP contribution in [0.15, 0.2) is 48.5 Å². The summed E-state index contributed by atoms with van der Waals surface area (Å²) in [6, 6.07) is 14.0. The van der Waals surface area contributed by atoms with Gasteiger partial charge in [-0.1, -0.05) is 24.1 Å². The smallest absolute Gasteiger partial charge is 0.414 e. The topological polar surface area (TPSA) is 86.2 Å². The standard InChI is InChI=1S/C32H37F3N4O5/c1-41-31(40)38-14-5-6-24-20-25-27(7-4-9-28(25)39(24)22-32(33,34)35)37-26-11-13-36-21-23(26)12-15-42-16-17-43-18-19-44-30-10-3-2-8-29(30)38/h2-4,7-10,20,23,26,36-37H,11-19,21-22H2,1H3. The van der Waals surface area contributed by atoms with Gasteiger partial charge >= 0.3 is 12.3 Å². The molecular weight excluding hydrogens is 577 g/mol. The Bertz CT molecular complexity index is 1480. The van der Waals surface area contributed by atoms with Gasteiger partial charge in [0.05, 0.1) is 50.4 Å². The Morgan fingerprint density at radius 1 is 1.05 bits per heavy atom. The molecule has 1 saturated heterocycles.